The summed E-state index contributed by atoms with van der Waals surface area (Å²) in [4.78, 5) is 9.67. The molecule has 0 aromatic carbocycles. The van der Waals surface area contributed by atoms with Gasteiger partial charge in [-0.05, 0) is 0 Å². The SMILES string of the molecule is CN(CC(=O)O)/[N+]([O-])=N\O.[NaH].[NaH]. The molecular formula is C3H9N3Na2O4. The fraction of sp³-hybridized carbons (Fsp3) is 0.667. The Balaban J connectivity index is -0.000000405. The predicted octanol–water partition coefficient (Wildman–Crippen LogP) is -2.03. The van der Waals surface area contributed by atoms with Crippen molar-refractivity contribution in [3.63, 3.8) is 0 Å². The average molecular weight is 197 g/mol. The molecule has 0 fully saturated rings. The Morgan fingerprint density at radius 1 is 1.67 bits per heavy atom. The van der Waals surface area contributed by atoms with E-state index in [0.717, 1.165) is 0 Å². The van der Waals surface area contributed by atoms with Crippen molar-refractivity contribution in [1.29, 1.82) is 0 Å². The van der Waals surface area contributed by atoms with E-state index in [-0.39, 0.29) is 64.1 Å². The fourth-order valence-corrected chi connectivity index (χ4v) is 0.325. The Morgan fingerprint density at radius 3 is 2.33 bits per heavy atom. The van der Waals surface area contributed by atoms with Gasteiger partial charge in [-0.1, -0.05) is 0 Å². The van der Waals surface area contributed by atoms with Crippen LogP contribution < -0.4 is 0 Å². The van der Waals surface area contributed by atoms with Crippen LogP contribution in [0.2, 0.25) is 0 Å². The van der Waals surface area contributed by atoms with Gasteiger partial charge in [0, 0.05) is 0 Å². The van der Waals surface area contributed by atoms with Gasteiger partial charge >= 0.3 is 65.1 Å². The third-order valence-electron chi connectivity index (χ3n) is 0.733. The number of hydrogen-bond acceptors (Lipinski definition) is 3. The van der Waals surface area contributed by atoms with Crippen LogP contribution in [0.4, 0.5) is 0 Å². The molecule has 0 radical (unpaired) electrons. The second-order valence-electron chi connectivity index (χ2n) is 1.55. The minimum atomic E-state index is -1.17. The Kier molecular flexibility index (Phi) is 14.6. The van der Waals surface area contributed by atoms with E-state index in [1.165, 1.54) is 7.05 Å². The van der Waals surface area contributed by atoms with E-state index < -0.39 is 12.5 Å². The zero-order chi connectivity index (χ0) is 8.15. The van der Waals surface area contributed by atoms with E-state index in [9.17, 15) is 10.0 Å². The normalized spacial score (nSPS) is 9.25. The first-order chi connectivity index (χ1) is 4.57. The third-order valence-corrected chi connectivity index (χ3v) is 0.733. The van der Waals surface area contributed by atoms with Crippen LogP contribution in [-0.2, 0) is 4.79 Å². The molecule has 12 heavy (non-hydrogen) atoms. The van der Waals surface area contributed by atoms with Crippen LogP contribution >= 0.6 is 0 Å². The first-order valence-corrected chi connectivity index (χ1v) is 2.33. The monoisotopic (exact) mass is 197 g/mol. The van der Waals surface area contributed by atoms with Gasteiger partial charge in [0.2, 0.25) is 5.28 Å². The van der Waals surface area contributed by atoms with Crippen molar-refractivity contribution in [2.75, 3.05) is 13.6 Å². The van der Waals surface area contributed by atoms with E-state index in [4.69, 9.17) is 10.3 Å². The quantitative estimate of drug-likeness (QED) is 0.235. The minimum absolute atomic E-state index is 0. The summed E-state index contributed by atoms with van der Waals surface area (Å²) in [5.41, 5.74) is 0. The summed E-state index contributed by atoms with van der Waals surface area (Å²) in [5, 5.41) is 29.0. The van der Waals surface area contributed by atoms with E-state index in [1.54, 1.807) is 0 Å². The number of aliphatic carboxylic acids is 1. The second-order valence-corrected chi connectivity index (χ2v) is 1.55. The molecule has 0 unspecified atom stereocenters. The topological polar surface area (TPSA) is 99.2 Å². The molecule has 0 saturated carbocycles. The molecule has 0 saturated heterocycles. The standard InChI is InChI=1S/C3H7N3O4.2Na.2H/c1-5(2-3(7)8)6(10)4-9;;;;/h9H,2H2,1H3,(H,7,8);;;;/b6-4+;;;;. The van der Waals surface area contributed by atoms with E-state index in [1.807, 2.05) is 0 Å². The van der Waals surface area contributed by atoms with Gasteiger partial charge < -0.3 is 15.5 Å². The predicted molar refractivity (Wildman–Crippen MR) is 42.4 cm³/mol. The molecule has 0 spiro atoms. The molecule has 7 nitrogen and oxygen atoms in total. The molecule has 0 aliphatic carbocycles. The number of carbonyl (C=O) groups is 1. The van der Waals surface area contributed by atoms with Crippen LogP contribution in [0.3, 0.4) is 0 Å². The second kappa shape index (κ2) is 9.56. The molecule has 0 atom stereocenters. The molecule has 0 aliphatic rings. The number of rotatable bonds is 3. The maximum atomic E-state index is 10.2. The summed E-state index contributed by atoms with van der Waals surface area (Å²) in [7, 11) is 1.18. The zero-order valence-electron chi connectivity index (χ0n) is 5.26. The van der Waals surface area contributed by atoms with Gasteiger partial charge in [0.25, 0.3) is 0 Å². The number of carboxylic acid groups (broad SMARTS) is 1. The number of hydrazine groups is 1. The molecular weight excluding hydrogens is 188 g/mol. The van der Waals surface area contributed by atoms with Gasteiger partial charge in [-0.15, -0.1) is 5.01 Å². The summed E-state index contributed by atoms with van der Waals surface area (Å²) in [6.45, 7) is -0.506. The number of carboxylic acids is 1. The van der Waals surface area contributed by atoms with E-state index in [0.29, 0.717) is 5.01 Å². The van der Waals surface area contributed by atoms with Crippen LogP contribution in [-0.4, -0.2) is 99.0 Å². The summed E-state index contributed by atoms with van der Waals surface area (Å²) in [6, 6.07) is 0. The molecule has 62 valence electrons. The summed E-state index contributed by atoms with van der Waals surface area (Å²) in [5.74, 6) is -1.17. The Morgan fingerprint density at radius 2 is 2.08 bits per heavy atom. The van der Waals surface area contributed by atoms with Gasteiger partial charge in [-0.3, -0.25) is 4.79 Å². The summed E-state index contributed by atoms with van der Waals surface area (Å²) < 4.78 is 0. The number of likely N-dealkylation sites (N-methyl/N-ethyl adjacent to an activating group) is 1. The van der Waals surface area contributed by atoms with Crippen molar-refractivity contribution in [2.24, 2.45) is 5.28 Å². The van der Waals surface area contributed by atoms with Gasteiger partial charge in [0.05, 0.1) is 12.0 Å². The van der Waals surface area contributed by atoms with Crippen LogP contribution in [0.1, 0.15) is 0 Å². The maximum absolute atomic E-state index is 10.2. The van der Waals surface area contributed by atoms with Crippen molar-refractivity contribution >= 4 is 65.1 Å². The molecule has 0 aliphatic heterocycles. The van der Waals surface area contributed by atoms with E-state index in [2.05, 4.69) is 5.28 Å². The first kappa shape index (κ1) is 18.3. The molecule has 2 N–H and O–H groups in total. The van der Waals surface area contributed by atoms with E-state index >= 15 is 0 Å². The van der Waals surface area contributed by atoms with Crippen LogP contribution in [0, 0.1) is 5.21 Å². The molecule has 9 heteroatoms. The molecule has 0 amide bonds. The fourth-order valence-electron chi connectivity index (χ4n) is 0.325. The van der Waals surface area contributed by atoms with Crippen molar-refractivity contribution < 1.29 is 20.1 Å². The Hall–Kier alpha value is 0.470. The molecule has 0 aromatic heterocycles. The van der Waals surface area contributed by atoms with Crippen LogP contribution in [0.5, 0.6) is 0 Å². The molecule has 0 bridgehead atoms. The Bertz CT molecular complexity index is 164. The zero-order valence-corrected chi connectivity index (χ0v) is 5.26. The van der Waals surface area contributed by atoms with Crippen molar-refractivity contribution in [1.82, 2.24) is 5.01 Å². The number of nitrogens with zero attached hydrogens (tertiary/aromatic N) is 3. The van der Waals surface area contributed by atoms with Gasteiger partial charge in [0.1, 0.15) is 0 Å². The molecule has 0 heterocycles. The third kappa shape index (κ3) is 8.57. The van der Waals surface area contributed by atoms with Crippen LogP contribution in [0.15, 0.2) is 5.28 Å². The molecule has 0 aromatic rings. The van der Waals surface area contributed by atoms with Crippen LogP contribution in [0.25, 0.3) is 0 Å². The van der Waals surface area contributed by atoms with Crippen molar-refractivity contribution in [3.05, 3.63) is 5.21 Å². The van der Waals surface area contributed by atoms with Gasteiger partial charge in [-0.25, -0.2) is 0 Å². The first-order valence-electron chi connectivity index (χ1n) is 2.33. The van der Waals surface area contributed by atoms with Crippen molar-refractivity contribution in [3.8, 4) is 0 Å². The van der Waals surface area contributed by atoms with Gasteiger partial charge in [-0.2, -0.15) is 0 Å². The summed E-state index contributed by atoms with van der Waals surface area (Å²) >= 11 is 0. The van der Waals surface area contributed by atoms with Crippen molar-refractivity contribution in [2.45, 2.75) is 0 Å². The summed E-state index contributed by atoms with van der Waals surface area (Å²) in [6.07, 6.45) is 0. The number of hydrogen-bond donors (Lipinski definition) is 2. The molecule has 0 rings (SSSR count). The average Bonchev–Trinajstić information content (AvgIpc) is 1.85. The van der Waals surface area contributed by atoms with Gasteiger partial charge in [0.15, 0.2) is 6.54 Å². The Labute approximate surface area is 113 Å².